The molecule has 0 saturated heterocycles. The van der Waals surface area contributed by atoms with Crippen LogP contribution < -0.4 is 5.73 Å². The van der Waals surface area contributed by atoms with Gasteiger partial charge in [0, 0.05) is 10.0 Å². The van der Waals surface area contributed by atoms with Crippen molar-refractivity contribution in [1.29, 1.82) is 0 Å². The second-order valence-corrected chi connectivity index (χ2v) is 3.92. The lowest BCUT2D eigenvalue weighted by Crippen LogP contribution is -2.11. The Morgan fingerprint density at radius 1 is 1.23 bits per heavy atom. The molecule has 0 fully saturated rings. The summed E-state index contributed by atoms with van der Waals surface area (Å²) in [5.74, 6) is 0.358. The molecule has 0 unspecified atom stereocenters. The molecule has 0 aliphatic heterocycles. The molecular weight excluding hydrogens is 205 g/mol. The summed E-state index contributed by atoms with van der Waals surface area (Å²) in [5, 5.41) is 1.35. The third kappa shape index (κ3) is 2.87. The van der Waals surface area contributed by atoms with Gasteiger partial charge >= 0.3 is 0 Å². The third-order valence-corrected chi connectivity index (χ3v) is 2.57. The van der Waals surface area contributed by atoms with Crippen LogP contribution in [0.25, 0.3) is 0 Å². The second-order valence-electron chi connectivity index (χ2n) is 3.04. The van der Waals surface area contributed by atoms with E-state index in [0.717, 1.165) is 12.0 Å². The summed E-state index contributed by atoms with van der Waals surface area (Å²) in [6, 6.07) is 5.58. The van der Waals surface area contributed by atoms with E-state index in [1.165, 1.54) is 0 Å². The molecule has 1 nitrogen and oxygen atoms in total. The van der Waals surface area contributed by atoms with Gasteiger partial charge in [-0.2, -0.15) is 0 Å². The van der Waals surface area contributed by atoms with Crippen molar-refractivity contribution in [3.8, 4) is 0 Å². The van der Waals surface area contributed by atoms with Gasteiger partial charge in [0.25, 0.3) is 0 Å². The van der Waals surface area contributed by atoms with Crippen LogP contribution in [0.5, 0.6) is 0 Å². The first-order valence-corrected chi connectivity index (χ1v) is 5.09. The van der Waals surface area contributed by atoms with E-state index in [1.807, 2.05) is 12.1 Å². The van der Waals surface area contributed by atoms with Crippen LogP contribution >= 0.6 is 23.2 Å². The summed E-state index contributed by atoms with van der Waals surface area (Å²) in [4.78, 5) is 0. The Morgan fingerprint density at radius 3 is 2.15 bits per heavy atom. The van der Waals surface area contributed by atoms with Gasteiger partial charge in [-0.15, -0.1) is 0 Å². The Balaban J connectivity index is 2.99. The number of halogens is 2. The Kier molecular flexibility index (Phi) is 4.04. The zero-order valence-corrected chi connectivity index (χ0v) is 9.07. The van der Waals surface area contributed by atoms with Crippen LogP contribution in [0.4, 0.5) is 0 Å². The number of hydrogen-bond acceptors (Lipinski definition) is 1. The fraction of sp³-hybridized carbons (Fsp3) is 0.400. The largest absolute Gasteiger partial charge is 0.330 e. The Labute approximate surface area is 88.8 Å². The molecule has 13 heavy (non-hydrogen) atoms. The highest BCUT2D eigenvalue weighted by Gasteiger charge is 2.08. The van der Waals surface area contributed by atoms with Gasteiger partial charge < -0.3 is 5.73 Å². The lowest BCUT2D eigenvalue weighted by atomic mass is 9.97. The van der Waals surface area contributed by atoms with Crippen LogP contribution in [0.3, 0.4) is 0 Å². The van der Waals surface area contributed by atoms with E-state index >= 15 is 0 Å². The second kappa shape index (κ2) is 4.85. The van der Waals surface area contributed by atoms with Crippen molar-refractivity contribution in [2.75, 3.05) is 6.54 Å². The van der Waals surface area contributed by atoms with Crippen LogP contribution in [0.1, 0.15) is 24.8 Å². The van der Waals surface area contributed by atoms with Crippen molar-refractivity contribution < 1.29 is 0 Å². The fourth-order valence-electron chi connectivity index (χ4n) is 1.35. The van der Waals surface area contributed by atoms with Crippen molar-refractivity contribution in [2.45, 2.75) is 19.3 Å². The van der Waals surface area contributed by atoms with Crippen molar-refractivity contribution in [1.82, 2.24) is 0 Å². The third-order valence-electron chi connectivity index (χ3n) is 2.13. The zero-order valence-electron chi connectivity index (χ0n) is 7.56. The fourth-order valence-corrected chi connectivity index (χ4v) is 1.89. The number of benzene rings is 1. The number of rotatable bonds is 3. The lowest BCUT2D eigenvalue weighted by Gasteiger charge is -2.13. The van der Waals surface area contributed by atoms with Crippen LogP contribution in [-0.4, -0.2) is 6.54 Å². The van der Waals surface area contributed by atoms with Gasteiger partial charge in [-0.05, 0) is 42.6 Å². The van der Waals surface area contributed by atoms with E-state index in [1.54, 1.807) is 6.07 Å². The van der Waals surface area contributed by atoms with Crippen LogP contribution in [0.2, 0.25) is 10.0 Å². The Hall–Kier alpha value is -0.240. The quantitative estimate of drug-likeness (QED) is 0.826. The predicted molar refractivity (Wildman–Crippen MR) is 58.5 cm³/mol. The number of hydrogen-bond donors (Lipinski definition) is 1. The van der Waals surface area contributed by atoms with Crippen molar-refractivity contribution >= 4 is 23.2 Å². The monoisotopic (exact) mass is 217 g/mol. The maximum atomic E-state index is 5.88. The zero-order chi connectivity index (χ0) is 9.84. The van der Waals surface area contributed by atoms with E-state index in [2.05, 4.69) is 6.92 Å². The summed E-state index contributed by atoms with van der Waals surface area (Å²) in [6.07, 6.45) is 1.01. The summed E-state index contributed by atoms with van der Waals surface area (Å²) in [5.41, 5.74) is 6.76. The smallest absolute Gasteiger partial charge is 0.0423 e. The SMILES string of the molecule is CC[C@@H](CN)c1cc(Cl)cc(Cl)c1. The minimum absolute atomic E-state index is 0.358. The standard InChI is InChI=1S/C10H13Cl2N/c1-2-7(6-13)8-3-9(11)5-10(12)4-8/h3-5,7H,2,6,13H2,1H3/t7-/m0/s1. The van der Waals surface area contributed by atoms with Crippen LogP contribution in [0, 0.1) is 0 Å². The molecule has 72 valence electrons. The average molecular weight is 218 g/mol. The molecule has 1 aromatic rings. The first-order chi connectivity index (χ1) is 6.17. The highest BCUT2D eigenvalue weighted by molar-refractivity contribution is 6.34. The molecule has 0 spiro atoms. The molecule has 0 aliphatic carbocycles. The van der Waals surface area contributed by atoms with Gasteiger partial charge in [0.1, 0.15) is 0 Å². The maximum Gasteiger partial charge on any atom is 0.0423 e. The molecule has 0 heterocycles. The normalized spacial score (nSPS) is 12.9. The van der Waals surface area contributed by atoms with Gasteiger partial charge in [0.15, 0.2) is 0 Å². The summed E-state index contributed by atoms with van der Waals surface area (Å²) >= 11 is 11.8. The molecule has 3 heteroatoms. The number of nitrogens with two attached hydrogens (primary N) is 1. The molecular formula is C10H13Cl2N. The summed E-state index contributed by atoms with van der Waals surface area (Å²) in [7, 11) is 0. The minimum atomic E-state index is 0.358. The van der Waals surface area contributed by atoms with E-state index in [4.69, 9.17) is 28.9 Å². The van der Waals surface area contributed by atoms with Crippen LogP contribution in [-0.2, 0) is 0 Å². The topological polar surface area (TPSA) is 26.0 Å². The molecule has 2 N–H and O–H groups in total. The van der Waals surface area contributed by atoms with E-state index < -0.39 is 0 Å². The lowest BCUT2D eigenvalue weighted by molar-refractivity contribution is 0.674. The predicted octanol–water partition coefficient (Wildman–Crippen LogP) is 3.45. The summed E-state index contributed by atoms with van der Waals surface area (Å²) in [6.45, 7) is 2.74. The first kappa shape index (κ1) is 10.8. The van der Waals surface area contributed by atoms with Gasteiger partial charge in [0.05, 0.1) is 0 Å². The molecule has 0 amide bonds. The molecule has 0 aromatic heterocycles. The highest BCUT2D eigenvalue weighted by atomic mass is 35.5. The van der Waals surface area contributed by atoms with Crippen LogP contribution in [0.15, 0.2) is 18.2 Å². The molecule has 1 aromatic carbocycles. The molecule has 0 saturated carbocycles. The molecule has 0 radical (unpaired) electrons. The average Bonchev–Trinajstić information content (AvgIpc) is 2.04. The summed E-state index contributed by atoms with van der Waals surface area (Å²) < 4.78 is 0. The van der Waals surface area contributed by atoms with E-state index in [0.29, 0.717) is 22.5 Å². The Bertz CT molecular complexity index is 262. The first-order valence-electron chi connectivity index (χ1n) is 4.33. The maximum absolute atomic E-state index is 5.88. The van der Waals surface area contributed by atoms with E-state index in [-0.39, 0.29) is 0 Å². The molecule has 1 atom stereocenters. The van der Waals surface area contributed by atoms with Gasteiger partial charge in [0.2, 0.25) is 0 Å². The Morgan fingerprint density at radius 2 is 1.77 bits per heavy atom. The highest BCUT2D eigenvalue weighted by Crippen LogP contribution is 2.25. The molecule has 0 bridgehead atoms. The molecule has 0 aliphatic rings. The molecule has 1 rings (SSSR count). The van der Waals surface area contributed by atoms with Crippen molar-refractivity contribution in [3.05, 3.63) is 33.8 Å². The van der Waals surface area contributed by atoms with Crippen molar-refractivity contribution in [3.63, 3.8) is 0 Å². The van der Waals surface area contributed by atoms with Gasteiger partial charge in [-0.3, -0.25) is 0 Å². The minimum Gasteiger partial charge on any atom is -0.330 e. The van der Waals surface area contributed by atoms with Gasteiger partial charge in [-0.25, -0.2) is 0 Å². The van der Waals surface area contributed by atoms with Crippen molar-refractivity contribution in [2.24, 2.45) is 5.73 Å². The van der Waals surface area contributed by atoms with Gasteiger partial charge in [-0.1, -0.05) is 30.1 Å². The van der Waals surface area contributed by atoms with E-state index in [9.17, 15) is 0 Å².